The van der Waals surface area contributed by atoms with Crippen molar-refractivity contribution in [2.45, 2.75) is 64.1 Å². The van der Waals surface area contributed by atoms with Gasteiger partial charge in [0.2, 0.25) is 5.95 Å². The lowest BCUT2D eigenvalue weighted by atomic mass is 9.84. The Morgan fingerprint density at radius 1 is 1.31 bits per heavy atom. The molecule has 2 N–H and O–H groups in total. The van der Waals surface area contributed by atoms with E-state index in [0.717, 1.165) is 19.4 Å². The molecule has 35 heavy (non-hydrogen) atoms. The Balaban J connectivity index is 1.27. The molecule has 3 aliphatic heterocycles. The van der Waals surface area contributed by atoms with Gasteiger partial charge in [0.1, 0.15) is 11.8 Å². The van der Waals surface area contributed by atoms with Crippen molar-refractivity contribution in [2.24, 2.45) is 5.41 Å². The van der Waals surface area contributed by atoms with Crippen LogP contribution in [0.3, 0.4) is 0 Å². The van der Waals surface area contributed by atoms with Crippen molar-refractivity contribution in [2.75, 3.05) is 37.0 Å². The largest absolute Gasteiger partial charge is 0.491 e. The highest BCUT2D eigenvalue weighted by Crippen LogP contribution is 2.38. The van der Waals surface area contributed by atoms with Gasteiger partial charge in [-0.1, -0.05) is 6.92 Å². The van der Waals surface area contributed by atoms with E-state index < -0.39 is 5.82 Å². The Morgan fingerprint density at radius 3 is 2.89 bits per heavy atom. The number of fused-ring (bicyclic) bond motifs is 1. The predicted molar refractivity (Wildman–Crippen MR) is 131 cm³/mol. The molecule has 0 bridgehead atoms. The van der Waals surface area contributed by atoms with Crippen molar-refractivity contribution in [1.82, 2.24) is 14.9 Å². The first-order valence-electron chi connectivity index (χ1n) is 12.3. The van der Waals surface area contributed by atoms with E-state index in [1.54, 1.807) is 18.2 Å². The van der Waals surface area contributed by atoms with Crippen molar-refractivity contribution in [3.8, 4) is 11.8 Å². The summed E-state index contributed by atoms with van der Waals surface area (Å²) < 4.78 is 25.8. The summed E-state index contributed by atoms with van der Waals surface area (Å²) in [6.45, 7) is 9.57. The first-order chi connectivity index (χ1) is 16.7. The lowest BCUT2D eigenvalue weighted by Gasteiger charge is -2.47. The Morgan fingerprint density at radius 2 is 2.14 bits per heavy atom. The number of halogens is 1. The number of ether oxygens (including phenoxy) is 2. The Labute approximate surface area is 205 Å². The van der Waals surface area contributed by atoms with Crippen LogP contribution in [-0.2, 0) is 4.74 Å². The van der Waals surface area contributed by atoms with Crippen molar-refractivity contribution in [1.29, 1.82) is 5.26 Å². The highest BCUT2D eigenvalue weighted by molar-refractivity contribution is 5.61. The van der Waals surface area contributed by atoms with Gasteiger partial charge in [-0.25, -0.2) is 9.37 Å². The SMILES string of the molecule is CC1(COc2ccc(Nc3ncc(F)c(N[C@@H]4C[C@@H]5CCCN5C(C)(C)C4)n3)cc2C#N)COC1. The minimum atomic E-state index is -0.475. The molecule has 2 aromatic rings. The zero-order valence-electron chi connectivity index (χ0n) is 20.6. The number of nitriles is 1. The molecule has 3 aliphatic rings. The molecule has 0 saturated carbocycles. The number of hydrogen-bond acceptors (Lipinski definition) is 8. The molecular formula is C26H33FN6O2. The molecule has 186 valence electrons. The standard InChI is InChI=1S/C26H33FN6O2/c1-25(2)11-19(10-20-5-4-8-33(20)25)30-23-21(27)13-29-24(32-23)31-18-6-7-22(17(9-18)12-28)35-16-26(3)14-34-15-26/h6-7,9,13,19-20H,4-5,8,10-11,14-16H2,1-3H3,(H2,29,30,31,32)/t19-,20+/m1/s1. The third-order valence-corrected chi connectivity index (χ3v) is 7.38. The molecule has 3 saturated heterocycles. The number of hydrogen-bond donors (Lipinski definition) is 2. The number of nitrogens with zero attached hydrogens (tertiary/aromatic N) is 4. The van der Waals surface area contributed by atoms with Crippen LogP contribution in [-0.4, -0.2) is 58.9 Å². The lowest BCUT2D eigenvalue weighted by molar-refractivity contribution is -0.120. The van der Waals surface area contributed by atoms with Gasteiger partial charge in [0.15, 0.2) is 11.6 Å². The van der Waals surface area contributed by atoms with E-state index in [0.29, 0.717) is 42.9 Å². The molecule has 4 heterocycles. The van der Waals surface area contributed by atoms with Crippen LogP contribution < -0.4 is 15.4 Å². The molecule has 1 aromatic heterocycles. The fourth-order valence-electron chi connectivity index (χ4n) is 5.58. The van der Waals surface area contributed by atoms with E-state index in [9.17, 15) is 9.65 Å². The van der Waals surface area contributed by atoms with Crippen LogP contribution >= 0.6 is 0 Å². The van der Waals surface area contributed by atoms with Crippen molar-refractivity contribution >= 4 is 17.5 Å². The van der Waals surface area contributed by atoms with Crippen LogP contribution in [0.15, 0.2) is 24.4 Å². The number of piperidine rings is 1. The van der Waals surface area contributed by atoms with Gasteiger partial charge >= 0.3 is 0 Å². The maximum absolute atomic E-state index is 14.6. The minimum Gasteiger partial charge on any atom is -0.491 e. The lowest BCUT2D eigenvalue weighted by Crippen LogP contribution is -2.55. The topological polar surface area (TPSA) is 95.3 Å². The zero-order valence-corrected chi connectivity index (χ0v) is 20.6. The van der Waals surface area contributed by atoms with Gasteiger partial charge in [0, 0.05) is 28.7 Å². The van der Waals surface area contributed by atoms with Crippen molar-refractivity contribution in [3.63, 3.8) is 0 Å². The molecule has 0 spiro atoms. The minimum absolute atomic E-state index is 0.0153. The molecule has 0 unspecified atom stereocenters. The number of aromatic nitrogens is 2. The monoisotopic (exact) mass is 480 g/mol. The predicted octanol–water partition coefficient (Wildman–Crippen LogP) is 4.46. The number of benzene rings is 1. The van der Waals surface area contributed by atoms with E-state index in [4.69, 9.17) is 9.47 Å². The maximum Gasteiger partial charge on any atom is 0.229 e. The Hall–Kier alpha value is -2.96. The van der Waals surface area contributed by atoms with E-state index in [2.05, 4.69) is 52.3 Å². The fraction of sp³-hybridized carbons (Fsp3) is 0.577. The van der Waals surface area contributed by atoms with E-state index in [1.165, 1.54) is 19.0 Å². The van der Waals surface area contributed by atoms with Gasteiger partial charge in [0.05, 0.1) is 31.6 Å². The summed E-state index contributed by atoms with van der Waals surface area (Å²) in [6.07, 6.45) is 5.49. The first-order valence-corrected chi connectivity index (χ1v) is 12.3. The molecule has 0 amide bonds. The van der Waals surface area contributed by atoms with Gasteiger partial charge in [-0.3, -0.25) is 4.90 Å². The van der Waals surface area contributed by atoms with Crippen molar-refractivity contribution < 1.29 is 13.9 Å². The fourth-order valence-corrected chi connectivity index (χ4v) is 5.58. The molecule has 1 aromatic carbocycles. The molecule has 9 heteroatoms. The summed E-state index contributed by atoms with van der Waals surface area (Å²) in [6, 6.07) is 8.10. The first kappa shape index (κ1) is 23.8. The summed E-state index contributed by atoms with van der Waals surface area (Å²) in [4.78, 5) is 11.1. The van der Waals surface area contributed by atoms with E-state index >= 15 is 0 Å². The van der Waals surface area contributed by atoms with E-state index in [1.807, 2.05) is 0 Å². The molecule has 5 rings (SSSR count). The summed E-state index contributed by atoms with van der Waals surface area (Å²) in [5, 5.41) is 16.0. The van der Waals surface area contributed by atoms with Crippen LogP contribution in [0.4, 0.5) is 21.8 Å². The average molecular weight is 481 g/mol. The highest BCUT2D eigenvalue weighted by Gasteiger charge is 2.43. The van der Waals surface area contributed by atoms with Crippen LogP contribution in [0.5, 0.6) is 5.75 Å². The normalized spacial score (nSPS) is 24.7. The summed E-state index contributed by atoms with van der Waals surface area (Å²) >= 11 is 0. The van der Waals surface area contributed by atoms with Gasteiger partial charge in [0.25, 0.3) is 0 Å². The van der Waals surface area contributed by atoms with Crippen LogP contribution in [0.2, 0.25) is 0 Å². The van der Waals surface area contributed by atoms with Gasteiger partial charge in [-0.15, -0.1) is 0 Å². The number of nitrogens with one attached hydrogen (secondary N) is 2. The third-order valence-electron chi connectivity index (χ3n) is 7.38. The quantitative estimate of drug-likeness (QED) is 0.600. The zero-order chi connectivity index (χ0) is 24.6. The van der Waals surface area contributed by atoms with Crippen molar-refractivity contribution in [3.05, 3.63) is 35.8 Å². The summed E-state index contributed by atoms with van der Waals surface area (Å²) in [5.74, 6) is 0.515. The highest BCUT2D eigenvalue weighted by atomic mass is 19.1. The second kappa shape index (κ2) is 9.25. The maximum atomic E-state index is 14.6. The summed E-state index contributed by atoms with van der Waals surface area (Å²) in [7, 11) is 0. The second-order valence-electron chi connectivity index (χ2n) is 11.0. The van der Waals surface area contributed by atoms with Gasteiger partial charge in [-0.2, -0.15) is 10.2 Å². The van der Waals surface area contributed by atoms with E-state index in [-0.39, 0.29) is 28.8 Å². The third kappa shape index (κ3) is 5.04. The molecular weight excluding hydrogens is 447 g/mol. The smallest absolute Gasteiger partial charge is 0.229 e. The van der Waals surface area contributed by atoms with Crippen LogP contribution in [0.1, 0.15) is 52.0 Å². The van der Waals surface area contributed by atoms with Crippen LogP contribution in [0, 0.1) is 22.6 Å². The van der Waals surface area contributed by atoms with Crippen LogP contribution in [0.25, 0.3) is 0 Å². The molecule has 3 fully saturated rings. The van der Waals surface area contributed by atoms with Gasteiger partial charge < -0.3 is 20.1 Å². The molecule has 2 atom stereocenters. The molecule has 8 nitrogen and oxygen atoms in total. The Bertz CT molecular complexity index is 1130. The second-order valence-corrected chi connectivity index (χ2v) is 11.0. The molecule has 0 aliphatic carbocycles. The summed E-state index contributed by atoms with van der Waals surface area (Å²) in [5.41, 5.74) is 1.09. The number of rotatable bonds is 7. The number of anilines is 3. The van der Waals surface area contributed by atoms with Gasteiger partial charge in [-0.05, 0) is 64.3 Å². The Kier molecular flexibility index (Phi) is 6.28. The molecule has 0 radical (unpaired) electrons. The average Bonchev–Trinajstić information content (AvgIpc) is 3.28.